The molecule has 0 aromatic heterocycles. The van der Waals surface area contributed by atoms with Gasteiger partial charge in [-0.25, -0.2) is 8.42 Å². The highest BCUT2D eigenvalue weighted by atomic mass is 32.2. The molecule has 0 fully saturated rings. The van der Waals surface area contributed by atoms with Crippen LogP contribution in [-0.4, -0.2) is 20.7 Å². The Morgan fingerprint density at radius 2 is 2.12 bits per heavy atom. The van der Waals surface area contributed by atoms with Gasteiger partial charge in [0, 0.05) is 12.3 Å². The van der Waals surface area contributed by atoms with Gasteiger partial charge in [0.2, 0.25) is 0 Å². The van der Waals surface area contributed by atoms with E-state index in [0.29, 0.717) is 4.90 Å². The number of hydrogen-bond donors (Lipinski definition) is 1. The van der Waals surface area contributed by atoms with Crippen molar-refractivity contribution in [3.05, 3.63) is 35.4 Å². The summed E-state index contributed by atoms with van der Waals surface area (Å²) in [5, 5.41) is 0. The van der Waals surface area contributed by atoms with Crippen LogP contribution in [0.5, 0.6) is 0 Å². The second-order valence-corrected chi connectivity index (χ2v) is 6.21. The second-order valence-electron chi connectivity index (χ2n) is 4.19. The van der Waals surface area contributed by atoms with Crippen LogP contribution in [0.2, 0.25) is 0 Å². The fourth-order valence-electron chi connectivity index (χ4n) is 1.83. The molecule has 0 bridgehead atoms. The first-order chi connectivity index (χ1) is 7.47. The minimum Gasteiger partial charge on any atom is -0.324 e. The fourth-order valence-corrected chi connectivity index (χ4v) is 2.49. The molecule has 1 aliphatic carbocycles. The molecule has 1 aromatic rings. The first-order valence-electron chi connectivity index (χ1n) is 5.23. The van der Waals surface area contributed by atoms with E-state index in [2.05, 4.69) is 0 Å². The third-order valence-electron chi connectivity index (χ3n) is 2.82. The zero-order chi connectivity index (χ0) is 11.8. The maximum atomic E-state index is 11.4. The molecule has 0 radical (unpaired) electrons. The van der Waals surface area contributed by atoms with Crippen LogP contribution in [-0.2, 0) is 16.3 Å². The molecule has 4 heteroatoms. The number of rotatable bonds is 1. The van der Waals surface area contributed by atoms with E-state index < -0.39 is 9.84 Å². The van der Waals surface area contributed by atoms with E-state index in [1.54, 1.807) is 12.1 Å². The standard InChI is InChI=1S/C12H15NO2S/c1-16(14,15)12-7-4-9-2-5-11(13)6-3-10(9)8-12/h3-4,6-8,11H,2,5,13H2,1H3. The van der Waals surface area contributed by atoms with Crippen molar-refractivity contribution in [1.29, 1.82) is 0 Å². The van der Waals surface area contributed by atoms with E-state index in [1.807, 2.05) is 18.2 Å². The summed E-state index contributed by atoms with van der Waals surface area (Å²) in [7, 11) is -3.13. The summed E-state index contributed by atoms with van der Waals surface area (Å²) in [6.07, 6.45) is 6.87. The van der Waals surface area contributed by atoms with E-state index in [4.69, 9.17) is 5.73 Å². The third-order valence-corrected chi connectivity index (χ3v) is 3.93. The van der Waals surface area contributed by atoms with Crippen molar-refractivity contribution < 1.29 is 8.42 Å². The highest BCUT2D eigenvalue weighted by Crippen LogP contribution is 2.22. The monoisotopic (exact) mass is 237 g/mol. The average Bonchev–Trinajstić information content (AvgIpc) is 2.39. The zero-order valence-electron chi connectivity index (χ0n) is 9.18. The molecular weight excluding hydrogens is 222 g/mol. The summed E-state index contributed by atoms with van der Waals surface area (Å²) < 4.78 is 22.8. The predicted octanol–water partition coefficient (Wildman–Crippen LogP) is 1.38. The van der Waals surface area contributed by atoms with Crippen LogP contribution in [0.1, 0.15) is 17.5 Å². The molecule has 0 spiro atoms. The van der Waals surface area contributed by atoms with Gasteiger partial charge in [-0.1, -0.05) is 18.2 Å². The summed E-state index contributed by atoms with van der Waals surface area (Å²) in [6.45, 7) is 0. The number of sulfone groups is 1. The first-order valence-corrected chi connectivity index (χ1v) is 7.13. The van der Waals surface area contributed by atoms with Gasteiger partial charge < -0.3 is 5.73 Å². The van der Waals surface area contributed by atoms with Crippen molar-refractivity contribution in [3.63, 3.8) is 0 Å². The lowest BCUT2D eigenvalue weighted by Gasteiger charge is -2.06. The molecule has 2 rings (SSSR count). The van der Waals surface area contributed by atoms with Crippen LogP contribution in [0.3, 0.4) is 0 Å². The van der Waals surface area contributed by atoms with Crippen molar-refractivity contribution >= 4 is 15.9 Å². The molecule has 2 N–H and O–H groups in total. The summed E-state index contributed by atoms with van der Waals surface area (Å²) in [4.78, 5) is 0.367. The van der Waals surface area contributed by atoms with Gasteiger partial charge in [-0.2, -0.15) is 0 Å². The average molecular weight is 237 g/mol. The van der Waals surface area contributed by atoms with Crippen molar-refractivity contribution in [3.8, 4) is 0 Å². The lowest BCUT2D eigenvalue weighted by atomic mass is 10.0. The lowest BCUT2D eigenvalue weighted by Crippen LogP contribution is -2.16. The molecule has 0 aliphatic heterocycles. The third kappa shape index (κ3) is 2.33. The van der Waals surface area contributed by atoms with Crippen LogP contribution in [0.25, 0.3) is 6.08 Å². The number of aryl methyl sites for hydroxylation is 1. The summed E-state index contributed by atoms with van der Waals surface area (Å²) in [6, 6.07) is 5.33. The summed E-state index contributed by atoms with van der Waals surface area (Å²) in [5.74, 6) is 0. The topological polar surface area (TPSA) is 60.2 Å². The molecule has 1 atom stereocenters. The van der Waals surface area contributed by atoms with Gasteiger partial charge in [0.1, 0.15) is 0 Å². The van der Waals surface area contributed by atoms with E-state index in [1.165, 1.54) is 6.26 Å². The van der Waals surface area contributed by atoms with E-state index in [0.717, 1.165) is 24.0 Å². The summed E-state index contributed by atoms with van der Waals surface area (Å²) >= 11 is 0. The molecular formula is C12H15NO2S. The van der Waals surface area contributed by atoms with Gasteiger partial charge in [-0.05, 0) is 36.1 Å². The number of hydrogen-bond acceptors (Lipinski definition) is 3. The summed E-state index contributed by atoms with van der Waals surface area (Å²) in [5.41, 5.74) is 7.96. The molecule has 1 aromatic carbocycles. The van der Waals surface area contributed by atoms with Crippen molar-refractivity contribution in [2.24, 2.45) is 5.73 Å². The Morgan fingerprint density at radius 3 is 2.81 bits per heavy atom. The Kier molecular flexibility index (Phi) is 2.86. The Labute approximate surface area is 95.9 Å². The quantitative estimate of drug-likeness (QED) is 0.802. The number of nitrogens with two attached hydrogens (primary N) is 1. The molecule has 0 saturated carbocycles. The largest absolute Gasteiger partial charge is 0.324 e. The van der Waals surface area contributed by atoms with Gasteiger partial charge in [-0.3, -0.25) is 0 Å². The Morgan fingerprint density at radius 1 is 1.38 bits per heavy atom. The van der Waals surface area contributed by atoms with Crippen molar-refractivity contribution in [1.82, 2.24) is 0 Å². The van der Waals surface area contributed by atoms with Crippen LogP contribution in [0.4, 0.5) is 0 Å². The van der Waals surface area contributed by atoms with Crippen LogP contribution >= 0.6 is 0 Å². The molecule has 86 valence electrons. The minimum atomic E-state index is -3.13. The maximum absolute atomic E-state index is 11.4. The van der Waals surface area contributed by atoms with E-state index in [-0.39, 0.29) is 6.04 Å². The highest BCUT2D eigenvalue weighted by molar-refractivity contribution is 7.90. The van der Waals surface area contributed by atoms with Gasteiger partial charge >= 0.3 is 0 Å². The Bertz CT molecular complexity index is 532. The molecule has 0 heterocycles. The fraction of sp³-hybridized carbons (Fsp3) is 0.333. The van der Waals surface area contributed by atoms with E-state index in [9.17, 15) is 8.42 Å². The van der Waals surface area contributed by atoms with Crippen molar-refractivity contribution in [2.45, 2.75) is 23.8 Å². The molecule has 16 heavy (non-hydrogen) atoms. The van der Waals surface area contributed by atoms with Gasteiger partial charge in [0.15, 0.2) is 9.84 Å². The van der Waals surface area contributed by atoms with Crippen LogP contribution < -0.4 is 5.73 Å². The molecule has 3 nitrogen and oxygen atoms in total. The van der Waals surface area contributed by atoms with Gasteiger partial charge in [0.25, 0.3) is 0 Å². The predicted molar refractivity (Wildman–Crippen MR) is 64.9 cm³/mol. The lowest BCUT2D eigenvalue weighted by molar-refractivity contribution is 0.602. The smallest absolute Gasteiger partial charge is 0.175 e. The molecule has 1 aliphatic rings. The Balaban J connectivity index is 2.49. The number of benzene rings is 1. The molecule has 0 saturated heterocycles. The first kappa shape index (κ1) is 11.4. The normalized spacial score (nSPS) is 20.2. The van der Waals surface area contributed by atoms with Crippen molar-refractivity contribution in [2.75, 3.05) is 6.26 Å². The number of fused-ring (bicyclic) bond motifs is 1. The SMILES string of the molecule is CS(=O)(=O)c1ccc2c(c1)C=CC(N)CC2. The zero-order valence-corrected chi connectivity index (χ0v) is 10.00. The van der Waals surface area contributed by atoms with Gasteiger partial charge in [0.05, 0.1) is 4.90 Å². The second kappa shape index (κ2) is 4.03. The molecule has 0 amide bonds. The van der Waals surface area contributed by atoms with Gasteiger partial charge in [-0.15, -0.1) is 0 Å². The maximum Gasteiger partial charge on any atom is 0.175 e. The minimum absolute atomic E-state index is 0.0640. The highest BCUT2D eigenvalue weighted by Gasteiger charge is 2.12. The van der Waals surface area contributed by atoms with Crippen LogP contribution in [0.15, 0.2) is 29.2 Å². The Hall–Kier alpha value is -1.13. The molecule has 1 unspecified atom stereocenters. The van der Waals surface area contributed by atoms with E-state index >= 15 is 0 Å². The van der Waals surface area contributed by atoms with Crippen LogP contribution in [0, 0.1) is 0 Å².